The van der Waals surface area contributed by atoms with Crippen LogP contribution in [0.5, 0.6) is 11.5 Å². The summed E-state index contributed by atoms with van der Waals surface area (Å²) in [6.45, 7) is 3.54. The highest BCUT2D eigenvalue weighted by Crippen LogP contribution is 2.36. The van der Waals surface area contributed by atoms with Crippen LogP contribution in [0, 0.1) is 5.41 Å². The van der Waals surface area contributed by atoms with E-state index in [0.717, 1.165) is 0 Å². The molecule has 0 amide bonds. The van der Waals surface area contributed by atoms with Crippen LogP contribution in [0.4, 0.5) is 5.69 Å². The molecule has 0 heterocycles. The monoisotopic (exact) mass is 287 g/mol. The van der Waals surface area contributed by atoms with Gasteiger partial charge in [0.25, 0.3) is 0 Å². The molecule has 1 aromatic rings. The van der Waals surface area contributed by atoms with Crippen molar-refractivity contribution in [3.05, 3.63) is 17.2 Å². The van der Waals surface area contributed by atoms with Crippen LogP contribution in [0.15, 0.2) is 12.1 Å². The van der Waals surface area contributed by atoms with Crippen molar-refractivity contribution < 1.29 is 19.4 Å². The van der Waals surface area contributed by atoms with Crippen LogP contribution in [0.1, 0.15) is 13.8 Å². The summed E-state index contributed by atoms with van der Waals surface area (Å²) in [4.78, 5) is 11.1. The SMILES string of the molecule is COc1cc(NCC(C)(C)C(=O)O)c(OC)cc1Cl. The summed E-state index contributed by atoms with van der Waals surface area (Å²) in [5.74, 6) is 0.157. The number of anilines is 1. The lowest BCUT2D eigenvalue weighted by Gasteiger charge is -2.21. The van der Waals surface area contributed by atoms with Crippen molar-refractivity contribution in [2.45, 2.75) is 13.8 Å². The Kier molecular flexibility index (Phi) is 4.89. The van der Waals surface area contributed by atoms with Gasteiger partial charge in [-0.2, -0.15) is 0 Å². The van der Waals surface area contributed by atoms with Crippen molar-refractivity contribution >= 4 is 23.3 Å². The molecule has 0 unspecified atom stereocenters. The Hall–Kier alpha value is -1.62. The Morgan fingerprint density at radius 2 is 1.89 bits per heavy atom. The van der Waals surface area contributed by atoms with Gasteiger partial charge < -0.3 is 19.9 Å². The van der Waals surface area contributed by atoms with Gasteiger partial charge in [0.1, 0.15) is 11.5 Å². The molecule has 0 fully saturated rings. The molecule has 6 heteroatoms. The first-order valence-electron chi connectivity index (χ1n) is 5.70. The van der Waals surface area contributed by atoms with Gasteiger partial charge in [-0.15, -0.1) is 0 Å². The largest absolute Gasteiger partial charge is 0.495 e. The van der Waals surface area contributed by atoms with Gasteiger partial charge in [0.15, 0.2) is 0 Å². The van der Waals surface area contributed by atoms with Gasteiger partial charge in [-0.3, -0.25) is 4.79 Å². The molecule has 0 saturated heterocycles. The maximum Gasteiger partial charge on any atom is 0.310 e. The minimum absolute atomic E-state index is 0.253. The van der Waals surface area contributed by atoms with Crippen molar-refractivity contribution in [1.29, 1.82) is 0 Å². The van der Waals surface area contributed by atoms with Crippen LogP contribution in [-0.4, -0.2) is 31.8 Å². The highest BCUT2D eigenvalue weighted by atomic mass is 35.5. The number of ether oxygens (including phenoxy) is 2. The van der Waals surface area contributed by atoms with Gasteiger partial charge in [0, 0.05) is 18.7 Å². The van der Waals surface area contributed by atoms with Gasteiger partial charge in [-0.1, -0.05) is 11.6 Å². The molecular weight excluding hydrogens is 270 g/mol. The van der Waals surface area contributed by atoms with Crippen molar-refractivity contribution in [3.8, 4) is 11.5 Å². The number of hydrogen-bond donors (Lipinski definition) is 2. The molecule has 0 atom stereocenters. The summed E-state index contributed by atoms with van der Waals surface area (Å²) in [5.41, 5.74) is -0.254. The normalized spacial score (nSPS) is 11.0. The molecule has 0 radical (unpaired) electrons. The average molecular weight is 288 g/mol. The van der Waals surface area contributed by atoms with E-state index in [2.05, 4.69) is 5.32 Å². The number of halogens is 1. The molecule has 0 saturated carbocycles. The fraction of sp³-hybridized carbons (Fsp3) is 0.462. The average Bonchev–Trinajstić information content (AvgIpc) is 2.36. The summed E-state index contributed by atoms with van der Waals surface area (Å²) in [6.07, 6.45) is 0. The molecule has 19 heavy (non-hydrogen) atoms. The Balaban J connectivity index is 2.97. The molecule has 1 aromatic carbocycles. The molecular formula is C13H18ClNO4. The number of carboxylic acid groups (broad SMARTS) is 1. The number of carboxylic acids is 1. The molecule has 0 aliphatic heterocycles. The second kappa shape index (κ2) is 6.02. The number of nitrogens with one attached hydrogen (secondary N) is 1. The van der Waals surface area contributed by atoms with Crippen LogP contribution in [-0.2, 0) is 4.79 Å². The highest BCUT2D eigenvalue weighted by Gasteiger charge is 2.27. The molecule has 5 nitrogen and oxygen atoms in total. The minimum atomic E-state index is -0.891. The lowest BCUT2D eigenvalue weighted by Crippen LogP contribution is -2.31. The summed E-state index contributed by atoms with van der Waals surface area (Å²) in [5, 5.41) is 12.5. The van der Waals surface area contributed by atoms with E-state index in [0.29, 0.717) is 22.2 Å². The van der Waals surface area contributed by atoms with Crippen molar-refractivity contribution in [2.24, 2.45) is 5.41 Å². The molecule has 1 rings (SSSR count). The smallest absolute Gasteiger partial charge is 0.310 e. The molecule has 0 aromatic heterocycles. The second-order valence-electron chi connectivity index (χ2n) is 4.73. The molecule has 0 aliphatic rings. The molecule has 0 bridgehead atoms. The molecule has 2 N–H and O–H groups in total. The quantitative estimate of drug-likeness (QED) is 0.842. The van der Waals surface area contributed by atoms with Crippen molar-refractivity contribution in [2.75, 3.05) is 26.1 Å². The standard InChI is InChI=1S/C13H18ClNO4/c1-13(2,12(16)17)7-15-9-6-10(18-3)8(14)5-11(9)19-4/h5-6,15H,7H2,1-4H3,(H,16,17). The summed E-state index contributed by atoms with van der Waals surface area (Å²) in [7, 11) is 3.03. The lowest BCUT2D eigenvalue weighted by molar-refractivity contribution is -0.146. The first-order valence-corrected chi connectivity index (χ1v) is 6.08. The third-order valence-corrected chi connectivity index (χ3v) is 3.07. The van der Waals surface area contributed by atoms with E-state index in [4.69, 9.17) is 26.2 Å². The predicted molar refractivity (Wildman–Crippen MR) is 74.5 cm³/mol. The number of methoxy groups -OCH3 is 2. The van der Waals surface area contributed by atoms with Gasteiger partial charge in [-0.05, 0) is 13.8 Å². The van der Waals surface area contributed by atoms with Gasteiger partial charge in [-0.25, -0.2) is 0 Å². The summed E-state index contributed by atoms with van der Waals surface area (Å²) in [6, 6.07) is 3.30. The third-order valence-electron chi connectivity index (χ3n) is 2.77. The van der Waals surface area contributed by atoms with Crippen LogP contribution in [0.2, 0.25) is 5.02 Å². The van der Waals surface area contributed by atoms with E-state index >= 15 is 0 Å². The number of benzene rings is 1. The Morgan fingerprint density at radius 1 is 1.32 bits per heavy atom. The third kappa shape index (κ3) is 3.67. The van der Waals surface area contributed by atoms with Gasteiger partial charge in [0.2, 0.25) is 0 Å². The van der Waals surface area contributed by atoms with E-state index in [1.165, 1.54) is 14.2 Å². The molecule has 106 valence electrons. The van der Waals surface area contributed by atoms with Crippen molar-refractivity contribution in [1.82, 2.24) is 0 Å². The first-order chi connectivity index (χ1) is 8.81. The van der Waals surface area contributed by atoms with E-state index < -0.39 is 11.4 Å². The lowest BCUT2D eigenvalue weighted by atomic mass is 9.94. The topological polar surface area (TPSA) is 67.8 Å². The minimum Gasteiger partial charge on any atom is -0.495 e. The second-order valence-corrected chi connectivity index (χ2v) is 5.14. The van der Waals surface area contributed by atoms with E-state index in [1.807, 2.05) is 0 Å². The first kappa shape index (κ1) is 15.4. The van der Waals surface area contributed by atoms with E-state index in [9.17, 15) is 4.79 Å². The zero-order valence-electron chi connectivity index (χ0n) is 11.4. The number of carbonyl (C=O) groups is 1. The Labute approximate surface area is 117 Å². The Bertz CT molecular complexity index is 474. The van der Waals surface area contributed by atoms with Crippen LogP contribution in [0.3, 0.4) is 0 Å². The Morgan fingerprint density at radius 3 is 2.37 bits per heavy atom. The predicted octanol–water partition coefficient (Wildman–Crippen LogP) is 2.88. The summed E-state index contributed by atoms with van der Waals surface area (Å²) >= 11 is 5.99. The fourth-order valence-electron chi connectivity index (χ4n) is 1.39. The van der Waals surface area contributed by atoms with E-state index in [1.54, 1.807) is 26.0 Å². The highest BCUT2D eigenvalue weighted by molar-refractivity contribution is 6.32. The molecule has 0 spiro atoms. The van der Waals surface area contributed by atoms with Gasteiger partial charge in [0.05, 0.1) is 30.3 Å². The number of rotatable bonds is 6. The van der Waals surface area contributed by atoms with Crippen molar-refractivity contribution in [3.63, 3.8) is 0 Å². The maximum atomic E-state index is 11.1. The van der Waals surface area contributed by atoms with Gasteiger partial charge >= 0.3 is 5.97 Å². The fourth-order valence-corrected chi connectivity index (χ4v) is 1.62. The van der Waals surface area contributed by atoms with E-state index in [-0.39, 0.29) is 6.54 Å². The maximum absolute atomic E-state index is 11.1. The van der Waals surface area contributed by atoms with Crippen LogP contribution >= 0.6 is 11.6 Å². The zero-order chi connectivity index (χ0) is 14.6. The molecule has 0 aliphatic carbocycles. The van der Waals surface area contributed by atoms with Crippen LogP contribution < -0.4 is 14.8 Å². The number of hydrogen-bond acceptors (Lipinski definition) is 4. The summed E-state index contributed by atoms with van der Waals surface area (Å²) < 4.78 is 10.3. The van der Waals surface area contributed by atoms with Crippen LogP contribution in [0.25, 0.3) is 0 Å². The number of aliphatic carboxylic acids is 1. The zero-order valence-corrected chi connectivity index (χ0v) is 12.2.